The van der Waals surface area contributed by atoms with Crippen molar-refractivity contribution in [1.82, 2.24) is 0 Å². The molecule has 1 fully saturated rings. The lowest BCUT2D eigenvalue weighted by molar-refractivity contribution is 0.0637. The zero-order valence-electron chi connectivity index (χ0n) is 11.5. The molecule has 1 saturated heterocycles. The van der Waals surface area contributed by atoms with Crippen molar-refractivity contribution >= 4 is 5.69 Å². The van der Waals surface area contributed by atoms with Crippen LogP contribution in [0.5, 0.6) is 5.75 Å². The van der Waals surface area contributed by atoms with Gasteiger partial charge in [0.25, 0.3) is 0 Å². The number of ether oxygens (including phenoxy) is 2. The van der Waals surface area contributed by atoms with Crippen molar-refractivity contribution in [2.75, 3.05) is 18.5 Å². The molecule has 2 rings (SSSR count). The smallest absolute Gasteiger partial charge is 0.119 e. The van der Waals surface area contributed by atoms with Gasteiger partial charge in [0, 0.05) is 12.2 Å². The molecule has 3 heteroatoms. The van der Waals surface area contributed by atoms with E-state index >= 15 is 0 Å². The predicted molar refractivity (Wildman–Crippen MR) is 74.4 cm³/mol. The lowest BCUT2D eigenvalue weighted by atomic mass is 10.1. The lowest BCUT2D eigenvalue weighted by Gasteiger charge is -2.15. The van der Waals surface area contributed by atoms with Gasteiger partial charge in [-0.05, 0) is 57.4 Å². The summed E-state index contributed by atoms with van der Waals surface area (Å²) >= 11 is 0. The van der Waals surface area contributed by atoms with E-state index in [2.05, 4.69) is 31.3 Å². The minimum absolute atomic E-state index is 0.353. The maximum atomic E-state index is 5.80. The molecule has 0 spiro atoms. The zero-order chi connectivity index (χ0) is 13.0. The quantitative estimate of drug-likeness (QED) is 0.868. The van der Waals surface area contributed by atoms with Gasteiger partial charge < -0.3 is 14.8 Å². The summed E-state index contributed by atoms with van der Waals surface area (Å²) in [7, 11) is 0. The monoisotopic (exact) mass is 249 g/mol. The van der Waals surface area contributed by atoms with Crippen LogP contribution in [0.3, 0.4) is 0 Å². The van der Waals surface area contributed by atoms with E-state index in [0.29, 0.717) is 18.8 Å². The van der Waals surface area contributed by atoms with Crippen LogP contribution in [0.25, 0.3) is 0 Å². The highest BCUT2D eigenvalue weighted by Crippen LogP contribution is 2.23. The first kappa shape index (κ1) is 13.2. The summed E-state index contributed by atoms with van der Waals surface area (Å²) in [5.41, 5.74) is 2.38. The molecule has 0 radical (unpaired) electrons. The van der Waals surface area contributed by atoms with Crippen LogP contribution in [0.2, 0.25) is 0 Å². The second-order valence-electron chi connectivity index (χ2n) is 4.94. The lowest BCUT2D eigenvalue weighted by Crippen LogP contribution is -2.20. The Balaban J connectivity index is 1.89. The van der Waals surface area contributed by atoms with Gasteiger partial charge in [-0.3, -0.25) is 0 Å². The molecule has 0 aliphatic carbocycles. The van der Waals surface area contributed by atoms with Crippen LogP contribution in [0, 0.1) is 6.92 Å². The fourth-order valence-electron chi connectivity index (χ4n) is 2.35. The van der Waals surface area contributed by atoms with E-state index in [1.165, 1.54) is 17.7 Å². The largest absolute Gasteiger partial charge is 0.494 e. The Hall–Kier alpha value is -1.22. The van der Waals surface area contributed by atoms with E-state index in [1.54, 1.807) is 0 Å². The molecule has 0 aromatic heterocycles. The van der Waals surface area contributed by atoms with Crippen LogP contribution < -0.4 is 10.1 Å². The molecule has 1 aliphatic rings. The Bertz CT molecular complexity index is 392. The molecular formula is C15H23NO2. The van der Waals surface area contributed by atoms with Crippen molar-refractivity contribution in [1.29, 1.82) is 0 Å². The van der Waals surface area contributed by atoms with E-state index in [1.807, 2.05) is 13.0 Å². The summed E-state index contributed by atoms with van der Waals surface area (Å²) in [6, 6.07) is 6.17. The molecule has 1 heterocycles. The van der Waals surface area contributed by atoms with Crippen molar-refractivity contribution in [2.45, 2.75) is 45.8 Å². The number of anilines is 1. The first-order chi connectivity index (χ1) is 8.69. The second-order valence-corrected chi connectivity index (χ2v) is 4.94. The van der Waals surface area contributed by atoms with Crippen molar-refractivity contribution in [3.05, 3.63) is 23.8 Å². The van der Waals surface area contributed by atoms with Gasteiger partial charge >= 0.3 is 0 Å². The molecule has 0 amide bonds. The fourth-order valence-corrected chi connectivity index (χ4v) is 2.35. The number of hydrogen-bond acceptors (Lipinski definition) is 3. The Morgan fingerprint density at radius 2 is 2.22 bits per heavy atom. The molecule has 2 atom stereocenters. The Morgan fingerprint density at radius 3 is 2.83 bits per heavy atom. The third kappa shape index (κ3) is 3.39. The highest BCUT2D eigenvalue weighted by Gasteiger charge is 2.21. The first-order valence-corrected chi connectivity index (χ1v) is 6.81. The van der Waals surface area contributed by atoms with Gasteiger partial charge in [-0.15, -0.1) is 0 Å². The molecule has 1 aromatic rings. The zero-order valence-corrected chi connectivity index (χ0v) is 11.5. The molecular weight excluding hydrogens is 226 g/mol. The van der Waals surface area contributed by atoms with Gasteiger partial charge in [0.05, 0.1) is 18.8 Å². The summed E-state index contributed by atoms with van der Waals surface area (Å²) in [4.78, 5) is 0. The molecule has 2 unspecified atom stereocenters. The second kappa shape index (κ2) is 6.10. The van der Waals surface area contributed by atoms with Crippen LogP contribution in [0.1, 0.15) is 32.3 Å². The molecule has 1 aromatic carbocycles. The van der Waals surface area contributed by atoms with Crippen LogP contribution >= 0.6 is 0 Å². The van der Waals surface area contributed by atoms with Gasteiger partial charge in [0.15, 0.2) is 0 Å². The minimum atomic E-state index is 0.353. The van der Waals surface area contributed by atoms with Crippen molar-refractivity contribution in [2.24, 2.45) is 0 Å². The van der Waals surface area contributed by atoms with E-state index in [0.717, 1.165) is 18.7 Å². The van der Waals surface area contributed by atoms with Crippen molar-refractivity contribution in [3.63, 3.8) is 0 Å². The number of aryl methyl sites for hydroxylation is 1. The van der Waals surface area contributed by atoms with Crippen LogP contribution in [0.15, 0.2) is 18.2 Å². The Morgan fingerprint density at radius 1 is 1.39 bits per heavy atom. The van der Waals surface area contributed by atoms with E-state index < -0.39 is 0 Å². The Kier molecular flexibility index (Phi) is 4.48. The van der Waals surface area contributed by atoms with E-state index in [9.17, 15) is 0 Å². The number of rotatable bonds is 5. The average Bonchev–Trinajstić information content (AvgIpc) is 2.74. The summed E-state index contributed by atoms with van der Waals surface area (Å²) in [6.45, 7) is 7.84. The predicted octanol–water partition coefficient (Wildman–Crippen LogP) is 3.37. The van der Waals surface area contributed by atoms with E-state index in [4.69, 9.17) is 9.47 Å². The van der Waals surface area contributed by atoms with Gasteiger partial charge in [-0.1, -0.05) is 0 Å². The summed E-state index contributed by atoms with van der Waals surface area (Å²) in [5.74, 6) is 0.936. The number of nitrogens with one attached hydrogen (secondary N) is 1. The van der Waals surface area contributed by atoms with Gasteiger partial charge in [-0.25, -0.2) is 0 Å². The summed E-state index contributed by atoms with van der Waals surface area (Å²) in [5, 5.41) is 3.46. The highest BCUT2D eigenvalue weighted by atomic mass is 16.5. The normalized spacial score (nSPS) is 23.1. The molecule has 3 nitrogen and oxygen atoms in total. The molecule has 100 valence electrons. The number of hydrogen-bond donors (Lipinski definition) is 1. The maximum absolute atomic E-state index is 5.80. The van der Waals surface area contributed by atoms with Crippen LogP contribution in [-0.4, -0.2) is 25.4 Å². The Labute approximate surface area is 109 Å². The summed E-state index contributed by atoms with van der Waals surface area (Å²) in [6.07, 6.45) is 3.10. The maximum Gasteiger partial charge on any atom is 0.119 e. The third-order valence-electron chi connectivity index (χ3n) is 3.35. The van der Waals surface area contributed by atoms with Crippen molar-refractivity contribution < 1.29 is 9.47 Å². The topological polar surface area (TPSA) is 30.5 Å². The van der Waals surface area contributed by atoms with Gasteiger partial charge in [-0.2, -0.15) is 0 Å². The molecule has 1 N–H and O–H groups in total. The summed E-state index contributed by atoms with van der Waals surface area (Å²) < 4.78 is 11.3. The highest BCUT2D eigenvalue weighted by molar-refractivity contribution is 5.53. The third-order valence-corrected chi connectivity index (χ3v) is 3.35. The first-order valence-electron chi connectivity index (χ1n) is 6.81. The molecule has 0 saturated carbocycles. The van der Waals surface area contributed by atoms with Gasteiger partial charge in [0.1, 0.15) is 5.75 Å². The van der Waals surface area contributed by atoms with Crippen LogP contribution in [0.4, 0.5) is 5.69 Å². The van der Waals surface area contributed by atoms with Crippen LogP contribution in [-0.2, 0) is 4.74 Å². The fraction of sp³-hybridized carbons (Fsp3) is 0.600. The standard InChI is InChI=1S/C15H23NO2/c1-4-17-13-7-8-15(11(2)9-13)16-10-14-6-5-12(3)18-14/h7-9,12,14,16H,4-6,10H2,1-3H3. The SMILES string of the molecule is CCOc1ccc(NCC2CCC(C)O2)c(C)c1. The van der Waals surface area contributed by atoms with Gasteiger partial charge in [0.2, 0.25) is 0 Å². The van der Waals surface area contributed by atoms with Crippen molar-refractivity contribution in [3.8, 4) is 5.75 Å². The molecule has 1 aliphatic heterocycles. The minimum Gasteiger partial charge on any atom is -0.494 e. The molecule has 0 bridgehead atoms. The molecule has 18 heavy (non-hydrogen) atoms. The number of benzene rings is 1. The average molecular weight is 249 g/mol. The van der Waals surface area contributed by atoms with E-state index in [-0.39, 0.29) is 0 Å².